The van der Waals surface area contributed by atoms with E-state index in [0.717, 1.165) is 5.56 Å². The van der Waals surface area contributed by atoms with E-state index in [1.54, 1.807) is 19.1 Å². The predicted molar refractivity (Wildman–Crippen MR) is 80.0 cm³/mol. The Morgan fingerprint density at radius 3 is 2.73 bits per heavy atom. The van der Waals surface area contributed by atoms with Gasteiger partial charge in [-0.3, -0.25) is 0 Å². The van der Waals surface area contributed by atoms with Crippen molar-refractivity contribution in [1.29, 1.82) is 0 Å². The van der Waals surface area contributed by atoms with E-state index < -0.39 is 17.9 Å². The number of para-hydroxylation sites is 1. The fourth-order valence-electron chi connectivity index (χ4n) is 3.02. The first-order chi connectivity index (χ1) is 10.5. The number of fused-ring (bicyclic) bond motifs is 3. The van der Waals surface area contributed by atoms with Crippen LogP contribution in [0.2, 0.25) is 0 Å². The third kappa shape index (κ3) is 2.09. The number of rotatable bonds is 2. The lowest BCUT2D eigenvalue weighted by Crippen LogP contribution is -2.36. The van der Waals surface area contributed by atoms with Crippen molar-refractivity contribution in [3.63, 3.8) is 0 Å². The van der Waals surface area contributed by atoms with E-state index in [-0.39, 0.29) is 6.61 Å². The Morgan fingerprint density at radius 2 is 2.00 bits per heavy atom. The fourth-order valence-corrected chi connectivity index (χ4v) is 3.02. The van der Waals surface area contributed by atoms with Gasteiger partial charge in [-0.25, -0.2) is 9.59 Å². The van der Waals surface area contributed by atoms with E-state index in [9.17, 15) is 9.59 Å². The molecule has 0 bridgehead atoms. The number of ether oxygens (including phenoxy) is 2. The number of dihydropyridines is 1. The molecule has 1 aromatic carbocycles. The van der Waals surface area contributed by atoms with Gasteiger partial charge in [-0.2, -0.15) is 0 Å². The second kappa shape index (κ2) is 5.33. The number of carbonyl (C=O) groups excluding carboxylic acids is 2. The van der Waals surface area contributed by atoms with Crippen molar-refractivity contribution in [3.05, 3.63) is 52.4 Å². The highest BCUT2D eigenvalue weighted by atomic mass is 16.5. The van der Waals surface area contributed by atoms with Crippen LogP contribution in [-0.2, 0) is 14.3 Å². The first-order valence-electron chi connectivity index (χ1n) is 7.21. The molecule has 2 aliphatic heterocycles. The van der Waals surface area contributed by atoms with Gasteiger partial charge >= 0.3 is 11.9 Å². The van der Waals surface area contributed by atoms with E-state index in [0.29, 0.717) is 28.3 Å². The molecule has 0 radical (unpaired) electrons. The number of hydrogen-bond donors (Lipinski definition) is 1. The normalized spacial score (nSPS) is 20.0. The summed E-state index contributed by atoms with van der Waals surface area (Å²) >= 11 is 0. The van der Waals surface area contributed by atoms with Crippen LogP contribution in [0.25, 0.3) is 0 Å². The first-order valence-corrected chi connectivity index (χ1v) is 7.21. The molecule has 3 rings (SSSR count). The Hall–Kier alpha value is -2.56. The predicted octanol–water partition coefficient (Wildman–Crippen LogP) is 2.40. The van der Waals surface area contributed by atoms with Crippen LogP contribution in [0.3, 0.4) is 0 Å². The molecule has 0 saturated heterocycles. The number of benzene rings is 1. The Morgan fingerprint density at radius 1 is 1.27 bits per heavy atom. The van der Waals surface area contributed by atoms with Crippen LogP contribution in [0.4, 0.5) is 0 Å². The van der Waals surface area contributed by atoms with Gasteiger partial charge in [-0.05, 0) is 26.8 Å². The lowest BCUT2D eigenvalue weighted by molar-refractivity contribution is -0.139. The largest absolute Gasteiger partial charge is 0.463 e. The Balaban J connectivity index is 2.21. The smallest absolute Gasteiger partial charge is 0.342 e. The first kappa shape index (κ1) is 14.4. The summed E-state index contributed by atoms with van der Waals surface area (Å²) in [6.45, 7) is 5.67. The molecule has 1 atom stereocenters. The minimum absolute atomic E-state index is 0.284. The maximum absolute atomic E-state index is 12.4. The molecule has 5 heteroatoms. The summed E-state index contributed by atoms with van der Waals surface area (Å²) in [5, 5.41) is 3.09. The van der Waals surface area contributed by atoms with Crippen LogP contribution in [0.1, 0.15) is 32.3 Å². The third-order valence-electron chi connectivity index (χ3n) is 3.91. The van der Waals surface area contributed by atoms with Crippen molar-refractivity contribution in [3.8, 4) is 5.75 Å². The summed E-state index contributed by atoms with van der Waals surface area (Å²) in [6.07, 6.45) is 0. The lowest BCUT2D eigenvalue weighted by Gasteiger charge is -2.34. The monoisotopic (exact) mass is 299 g/mol. The van der Waals surface area contributed by atoms with Crippen molar-refractivity contribution in [1.82, 2.24) is 5.32 Å². The van der Waals surface area contributed by atoms with Crippen LogP contribution in [0.15, 0.2) is 46.8 Å². The van der Waals surface area contributed by atoms with E-state index in [2.05, 4.69) is 5.32 Å². The number of hydrogen-bond acceptors (Lipinski definition) is 5. The van der Waals surface area contributed by atoms with Crippen molar-refractivity contribution in [2.24, 2.45) is 0 Å². The van der Waals surface area contributed by atoms with E-state index >= 15 is 0 Å². The molecule has 5 nitrogen and oxygen atoms in total. The molecule has 2 aliphatic rings. The van der Waals surface area contributed by atoms with Crippen molar-refractivity contribution >= 4 is 11.9 Å². The highest BCUT2D eigenvalue weighted by molar-refractivity contribution is 6.02. The molecule has 0 fully saturated rings. The van der Waals surface area contributed by atoms with E-state index in [4.69, 9.17) is 9.47 Å². The maximum Gasteiger partial charge on any atom is 0.342 e. The summed E-state index contributed by atoms with van der Waals surface area (Å²) in [4.78, 5) is 24.7. The molecule has 0 aliphatic carbocycles. The lowest BCUT2D eigenvalue weighted by atomic mass is 9.79. The average molecular weight is 299 g/mol. The van der Waals surface area contributed by atoms with Crippen LogP contribution >= 0.6 is 0 Å². The van der Waals surface area contributed by atoms with Gasteiger partial charge in [0.2, 0.25) is 0 Å². The fraction of sp³-hybridized carbons (Fsp3) is 0.294. The number of nitrogens with one attached hydrogen (secondary N) is 1. The van der Waals surface area contributed by atoms with Crippen molar-refractivity contribution in [2.75, 3.05) is 6.61 Å². The quantitative estimate of drug-likeness (QED) is 0.671. The zero-order valence-corrected chi connectivity index (χ0v) is 12.7. The molecule has 0 unspecified atom stereocenters. The van der Waals surface area contributed by atoms with Crippen LogP contribution < -0.4 is 10.1 Å². The molecule has 1 N–H and O–H groups in total. The molecule has 114 valence electrons. The third-order valence-corrected chi connectivity index (χ3v) is 3.91. The molecule has 0 spiro atoms. The summed E-state index contributed by atoms with van der Waals surface area (Å²) in [7, 11) is 0. The molecule has 22 heavy (non-hydrogen) atoms. The molecule has 0 aromatic heterocycles. The van der Waals surface area contributed by atoms with E-state index in [1.807, 2.05) is 26.0 Å². The molecular formula is C17H17NO4. The maximum atomic E-state index is 12.4. The standard InChI is InChI=1S/C17H17NO4/c1-4-21-16(19)13-9(2)18-10(3)14-15(13)11-7-5-6-8-12(11)22-17(14)20/h5-8,15,18H,4H2,1-3H3/t15-/m1/s1. The number of carbonyl (C=O) groups is 2. The van der Waals surface area contributed by atoms with Crippen LogP contribution in [0.5, 0.6) is 5.75 Å². The molecule has 0 saturated carbocycles. The highest BCUT2D eigenvalue weighted by Crippen LogP contribution is 2.45. The second-order valence-corrected chi connectivity index (χ2v) is 5.28. The number of allylic oxidation sites excluding steroid dienone is 2. The van der Waals surface area contributed by atoms with Crippen molar-refractivity contribution < 1.29 is 19.1 Å². The van der Waals surface area contributed by atoms with Gasteiger partial charge in [0.05, 0.1) is 23.7 Å². The van der Waals surface area contributed by atoms with Gasteiger partial charge in [0.25, 0.3) is 0 Å². The minimum atomic E-state index is -0.447. The van der Waals surface area contributed by atoms with Crippen molar-refractivity contribution in [2.45, 2.75) is 26.7 Å². The summed E-state index contributed by atoms with van der Waals surface area (Å²) in [5.41, 5.74) is 3.14. The van der Waals surface area contributed by atoms with Gasteiger partial charge in [-0.1, -0.05) is 18.2 Å². The molecular weight excluding hydrogens is 282 g/mol. The SMILES string of the molecule is CCOC(=O)C1=C(C)NC(C)=C2C(=O)Oc3ccccc3[C@H]12. The van der Waals surface area contributed by atoms with Gasteiger partial charge in [0.1, 0.15) is 5.75 Å². The van der Waals surface area contributed by atoms with Crippen LogP contribution in [0, 0.1) is 0 Å². The van der Waals surface area contributed by atoms with Gasteiger partial charge in [0.15, 0.2) is 0 Å². The summed E-state index contributed by atoms with van der Waals surface area (Å²) in [5.74, 6) is -0.793. The topological polar surface area (TPSA) is 64.6 Å². The van der Waals surface area contributed by atoms with Gasteiger partial charge in [-0.15, -0.1) is 0 Å². The Kier molecular flexibility index (Phi) is 3.48. The number of esters is 2. The van der Waals surface area contributed by atoms with Gasteiger partial charge < -0.3 is 14.8 Å². The van der Waals surface area contributed by atoms with E-state index in [1.165, 1.54) is 0 Å². The molecule has 0 amide bonds. The Bertz CT molecular complexity index is 730. The Labute approximate surface area is 128 Å². The molecule has 1 aromatic rings. The van der Waals surface area contributed by atoms with Gasteiger partial charge in [0, 0.05) is 17.0 Å². The summed E-state index contributed by atoms with van der Waals surface area (Å²) in [6, 6.07) is 7.28. The summed E-state index contributed by atoms with van der Waals surface area (Å²) < 4.78 is 10.6. The van der Waals surface area contributed by atoms with Crippen LogP contribution in [-0.4, -0.2) is 18.5 Å². The highest BCUT2D eigenvalue weighted by Gasteiger charge is 2.42. The second-order valence-electron chi connectivity index (χ2n) is 5.28. The zero-order chi connectivity index (χ0) is 15.9. The zero-order valence-electron chi connectivity index (χ0n) is 12.7. The minimum Gasteiger partial charge on any atom is -0.463 e. The average Bonchev–Trinajstić information content (AvgIpc) is 2.46. The molecule has 2 heterocycles.